The van der Waals surface area contributed by atoms with Crippen molar-refractivity contribution in [1.29, 1.82) is 0 Å². The Morgan fingerprint density at radius 1 is 1.07 bits per heavy atom. The molecule has 0 atom stereocenters. The molecule has 2 amide bonds. The third-order valence-electron chi connectivity index (χ3n) is 4.55. The van der Waals surface area contributed by atoms with Crippen LogP contribution in [-0.4, -0.2) is 28.4 Å². The van der Waals surface area contributed by atoms with Gasteiger partial charge < -0.3 is 15.1 Å². The number of nitrogens with one attached hydrogen (secondary N) is 2. The van der Waals surface area contributed by atoms with Crippen LogP contribution in [0.4, 0.5) is 5.69 Å². The largest absolute Gasteiger partial charge is 0.448 e. The summed E-state index contributed by atoms with van der Waals surface area (Å²) in [6.07, 6.45) is 1.61. The summed E-state index contributed by atoms with van der Waals surface area (Å²) in [6.45, 7) is -0.196. The first kappa shape index (κ1) is 18.4. The molecule has 0 aliphatic rings. The van der Waals surface area contributed by atoms with Gasteiger partial charge in [0.25, 0.3) is 5.56 Å². The molecule has 29 heavy (non-hydrogen) atoms. The molecule has 2 aromatic carbocycles. The van der Waals surface area contributed by atoms with Gasteiger partial charge in [0.2, 0.25) is 17.4 Å². The van der Waals surface area contributed by atoms with E-state index in [1.165, 1.54) is 10.9 Å². The lowest BCUT2D eigenvalue weighted by atomic mass is 10.1. The van der Waals surface area contributed by atoms with Gasteiger partial charge in [-0.15, -0.1) is 0 Å². The lowest BCUT2D eigenvalue weighted by molar-refractivity contribution is -0.120. The maximum Gasteiger partial charge on any atom is 0.297 e. The highest BCUT2D eigenvalue weighted by Gasteiger charge is 2.14. The zero-order valence-corrected chi connectivity index (χ0v) is 15.6. The Morgan fingerprint density at radius 2 is 1.83 bits per heavy atom. The van der Waals surface area contributed by atoms with Crippen molar-refractivity contribution in [2.45, 2.75) is 13.0 Å². The Morgan fingerprint density at radius 3 is 2.59 bits per heavy atom. The van der Waals surface area contributed by atoms with E-state index < -0.39 is 5.56 Å². The van der Waals surface area contributed by atoms with Crippen LogP contribution in [0.25, 0.3) is 22.1 Å². The summed E-state index contributed by atoms with van der Waals surface area (Å²) in [4.78, 5) is 40.7. The average Bonchev–Trinajstić information content (AvgIpc) is 3.11. The lowest BCUT2D eigenvalue weighted by Crippen LogP contribution is -2.27. The minimum Gasteiger partial charge on any atom is -0.448 e. The van der Waals surface area contributed by atoms with Gasteiger partial charge in [-0.05, 0) is 29.8 Å². The number of para-hydroxylation sites is 1. The summed E-state index contributed by atoms with van der Waals surface area (Å²) in [5.74, 6) is -0.460. The number of hydrogen-bond donors (Lipinski definition) is 2. The van der Waals surface area contributed by atoms with Gasteiger partial charge in [0.1, 0.15) is 17.6 Å². The van der Waals surface area contributed by atoms with Crippen molar-refractivity contribution >= 4 is 39.6 Å². The molecular formula is C21H18N4O4. The van der Waals surface area contributed by atoms with Crippen molar-refractivity contribution in [2.24, 2.45) is 0 Å². The maximum atomic E-state index is 12.7. The quantitative estimate of drug-likeness (QED) is 0.543. The van der Waals surface area contributed by atoms with Crippen LogP contribution in [0.5, 0.6) is 0 Å². The van der Waals surface area contributed by atoms with E-state index in [0.29, 0.717) is 16.8 Å². The van der Waals surface area contributed by atoms with Crippen LogP contribution in [0.2, 0.25) is 0 Å². The van der Waals surface area contributed by atoms with Crippen LogP contribution in [0.3, 0.4) is 0 Å². The highest BCUT2D eigenvalue weighted by Crippen LogP contribution is 2.24. The van der Waals surface area contributed by atoms with E-state index in [1.54, 1.807) is 37.4 Å². The number of nitrogens with zero attached hydrogens (tertiary/aromatic N) is 2. The van der Waals surface area contributed by atoms with Crippen molar-refractivity contribution in [3.63, 3.8) is 0 Å². The van der Waals surface area contributed by atoms with Gasteiger partial charge in [-0.2, -0.15) is 0 Å². The smallest absolute Gasteiger partial charge is 0.297 e. The van der Waals surface area contributed by atoms with Crippen molar-refractivity contribution in [2.75, 3.05) is 12.4 Å². The van der Waals surface area contributed by atoms with Gasteiger partial charge in [-0.3, -0.25) is 19.0 Å². The molecule has 8 nitrogen and oxygen atoms in total. The van der Waals surface area contributed by atoms with Crippen molar-refractivity contribution in [3.8, 4) is 0 Å². The number of benzene rings is 2. The summed E-state index contributed by atoms with van der Waals surface area (Å²) in [5, 5.41) is 6.05. The van der Waals surface area contributed by atoms with E-state index in [0.717, 1.165) is 10.9 Å². The van der Waals surface area contributed by atoms with Crippen molar-refractivity contribution < 1.29 is 14.0 Å². The molecule has 0 radical (unpaired) electrons. The van der Waals surface area contributed by atoms with E-state index in [-0.39, 0.29) is 30.4 Å². The first-order chi connectivity index (χ1) is 14.0. The molecule has 0 bridgehead atoms. The Hall–Kier alpha value is -3.94. The molecule has 2 aromatic heterocycles. The summed E-state index contributed by atoms with van der Waals surface area (Å²) < 4.78 is 6.83. The molecule has 146 valence electrons. The summed E-state index contributed by atoms with van der Waals surface area (Å²) >= 11 is 0. The highest BCUT2D eigenvalue weighted by atomic mass is 16.3. The molecule has 0 saturated carbocycles. The average molecular weight is 390 g/mol. The topological polar surface area (TPSA) is 106 Å². The molecule has 4 aromatic rings. The number of carbonyl (C=O) groups is 2. The molecule has 4 rings (SSSR count). The predicted octanol–water partition coefficient (Wildman–Crippen LogP) is 2.07. The monoisotopic (exact) mass is 390 g/mol. The highest BCUT2D eigenvalue weighted by molar-refractivity contribution is 6.01. The van der Waals surface area contributed by atoms with Crippen LogP contribution in [-0.2, 0) is 22.6 Å². The predicted molar refractivity (Wildman–Crippen MR) is 109 cm³/mol. The Balaban J connectivity index is 1.50. The van der Waals surface area contributed by atoms with Crippen molar-refractivity contribution in [3.05, 3.63) is 70.8 Å². The van der Waals surface area contributed by atoms with E-state index in [1.807, 2.05) is 18.2 Å². The SMILES string of the molecule is CNC(=O)Cc1ccc(NC(=O)Cn2cnc3c(oc4ccccc43)c2=O)cc1. The summed E-state index contributed by atoms with van der Waals surface area (Å²) in [7, 11) is 1.58. The summed E-state index contributed by atoms with van der Waals surface area (Å²) in [5.41, 5.74) is 2.17. The molecule has 0 unspecified atom stereocenters. The second-order valence-corrected chi connectivity index (χ2v) is 6.55. The maximum absolute atomic E-state index is 12.7. The zero-order valence-electron chi connectivity index (χ0n) is 15.6. The number of carbonyl (C=O) groups excluding carboxylic acids is 2. The number of fused-ring (bicyclic) bond motifs is 3. The van der Waals surface area contributed by atoms with Gasteiger partial charge in [-0.1, -0.05) is 24.3 Å². The minimum atomic E-state index is -0.415. The number of anilines is 1. The second kappa shape index (κ2) is 7.59. The van der Waals surface area contributed by atoms with Crippen LogP contribution < -0.4 is 16.2 Å². The van der Waals surface area contributed by atoms with Gasteiger partial charge in [-0.25, -0.2) is 4.98 Å². The lowest BCUT2D eigenvalue weighted by Gasteiger charge is -2.08. The molecular weight excluding hydrogens is 372 g/mol. The number of rotatable bonds is 5. The fraction of sp³-hybridized carbons (Fsp3) is 0.143. The fourth-order valence-electron chi connectivity index (χ4n) is 3.06. The molecule has 0 aliphatic carbocycles. The van der Waals surface area contributed by atoms with Crippen LogP contribution in [0, 0.1) is 0 Å². The molecule has 8 heteroatoms. The Bertz CT molecular complexity index is 1270. The molecule has 2 heterocycles. The standard InChI is InChI=1S/C21H18N4O4/c1-22-17(26)10-13-6-8-14(9-7-13)24-18(27)11-25-12-23-19-15-4-2-3-5-16(15)29-20(19)21(25)28/h2-9,12H,10-11H2,1H3,(H,22,26)(H,24,27). The van der Waals surface area contributed by atoms with E-state index in [9.17, 15) is 14.4 Å². The first-order valence-corrected chi connectivity index (χ1v) is 9.01. The molecule has 2 N–H and O–H groups in total. The van der Waals surface area contributed by atoms with Crippen molar-refractivity contribution in [1.82, 2.24) is 14.9 Å². The Labute approximate surface area is 165 Å². The van der Waals surface area contributed by atoms with Crippen LogP contribution in [0.15, 0.2) is 64.1 Å². The Kier molecular flexibility index (Phi) is 4.82. The number of likely N-dealkylation sites (N-methyl/N-ethyl adjacent to an activating group) is 1. The van der Waals surface area contributed by atoms with Gasteiger partial charge >= 0.3 is 0 Å². The number of amides is 2. The third-order valence-corrected chi connectivity index (χ3v) is 4.55. The summed E-state index contributed by atoms with van der Waals surface area (Å²) in [6, 6.07) is 14.2. The molecule has 0 saturated heterocycles. The number of aromatic nitrogens is 2. The van der Waals surface area contributed by atoms with E-state index in [4.69, 9.17) is 4.42 Å². The first-order valence-electron chi connectivity index (χ1n) is 9.01. The van der Waals surface area contributed by atoms with Gasteiger partial charge in [0.05, 0.1) is 12.7 Å². The van der Waals surface area contributed by atoms with E-state index >= 15 is 0 Å². The van der Waals surface area contributed by atoms with Gasteiger partial charge in [0.15, 0.2) is 0 Å². The fourth-order valence-corrected chi connectivity index (χ4v) is 3.06. The second-order valence-electron chi connectivity index (χ2n) is 6.55. The molecule has 0 aliphatic heterocycles. The zero-order chi connectivity index (χ0) is 20.4. The van der Waals surface area contributed by atoms with E-state index in [2.05, 4.69) is 15.6 Å². The molecule has 0 fully saturated rings. The number of hydrogen-bond acceptors (Lipinski definition) is 5. The number of furan rings is 1. The third kappa shape index (κ3) is 3.73. The normalized spacial score (nSPS) is 10.9. The minimum absolute atomic E-state index is 0.0883. The van der Waals surface area contributed by atoms with Crippen LogP contribution in [0.1, 0.15) is 5.56 Å². The van der Waals surface area contributed by atoms with Gasteiger partial charge in [0, 0.05) is 18.1 Å². The molecule has 0 spiro atoms. The van der Waals surface area contributed by atoms with Crippen LogP contribution >= 0.6 is 0 Å².